The molecule has 1 unspecified atom stereocenters. The third-order valence-corrected chi connectivity index (χ3v) is 3.98. The lowest BCUT2D eigenvalue weighted by Gasteiger charge is -2.20. The van der Waals surface area contributed by atoms with Gasteiger partial charge in [-0.3, -0.25) is 4.98 Å². The normalized spacial score (nSPS) is 15.7. The van der Waals surface area contributed by atoms with Crippen molar-refractivity contribution in [2.75, 3.05) is 12.4 Å². The lowest BCUT2D eigenvalue weighted by Crippen LogP contribution is -2.13. The van der Waals surface area contributed by atoms with Crippen LogP contribution in [0.1, 0.15) is 24.4 Å². The molecular formula is C16H17ClN2O. The molecule has 3 rings (SSSR count). The topological polar surface area (TPSA) is 34.1 Å². The molecule has 104 valence electrons. The Balaban J connectivity index is 1.83. The van der Waals surface area contributed by atoms with Crippen molar-refractivity contribution in [2.24, 2.45) is 5.92 Å². The van der Waals surface area contributed by atoms with Gasteiger partial charge in [0, 0.05) is 6.20 Å². The van der Waals surface area contributed by atoms with E-state index in [1.807, 2.05) is 18.2 Å². The van der Waals surface area contributed by atoms with E-state index in [4.69, 9.17) is 16.3 Å². The molecule has 1 N–H and O–H groups in total. The Bertz CT molecular complexity index is 581. The minimum Gasteiger partial charge on any atom is -0.497 e. The van der Waals surface area contributed by atoms with Gasteiger partial charge in [-0.1, -0.05) is 23.7 Å². The number of hydrogen-bond donors (Lipinski definition) is 1. The standard InChI is InChI=1S/C16H17ClN2O/c1-20-13-6-4-12(5-7-13)16(11-2-3-11)19-15-10-18-9-8-14(15)17/h4-11,16,19H,2-3H2,1H3. The zero-order valence-electron chi connectivity index (χ0n) is 11.3. The maximum absolute atomic E-state index is 6.21. The van der Waals surface area contributed by atoms with Crippen LogP contribution in [-0.2, 0) is 0 Å². The second kappa shape index (κ2) is 5.71. The van der Waals surface area contributed by atoms with Crippen LogP contribution >= 0.6 is 11.6 Å². The highest BCUT2D eigenvalue weighted by Gasteiger charge is 2.32. The van der Waals surface area contributed by atoms with E-state index in [-0.39, 0.29) is 6.04 Å². The first-order chi connectivity index (χ1) is 9.78. The first-order valence-electron chi connectivity index (χ1n) is 6.78. The smallest absolute Gasteiger partial charge is 0.118 e. The maximum Gasteiger partial charge on any atom is 0.118 e. The summed E-state index contributed by atoms with van der Waals surface area (Å²) < 4.78 is 5.21. The summed E-state index contributed by atoms with van der Waals surface area (Å²) in [5.74, 6) is 1.54. The summed E-state index contributed by atoms with van der Waals surface area (Å²) in [4.78, 5) is 4.13. The van der Waals surface area contributed by atoms with Crippen molar-refractivity contribution in [3.8, 4) is 5.75 Å². The van der Waals surface area contributed by atoms with Crippen molar-refractivity contribution in [3.05, 3.63) is 53.3 Å². The first-order valence-corrected chi connectivity index (χ1v) is 7.15. The third-order valence-electron chi connectivity index (χ3n) is 3.65. The molecule has 1 aromatic carbocycles. The number of methoxy groups -OCH3 is 1. The van der Waals surface area contributed by atoms with Crippen LogP contribution in [0.3, 0.4) is 0 Å². The van der Waals surface area contributed by atoms with E-state index in [9.17, 15) is 0 Å². The summed E-state index contributed by atoms with van der Waals surface area (Å²) in [7, 11) is 1.68. The summed E-state index contributed by atoms with van der Waals surface area (Å²) in [6.07, 6.45) is 5.98. The van der Waals surface area contributed by atoms with Crippen LogP contribution < -0.4 is 10.1 Å². The molecule has 1 aliphatic rings. The number of pyridine rings is 1. The van der Waals surface area contributed by atoms with Gasteiger partial charge in [0.25, 0.3) is 0 Å². The van der Waals surface area contributed by atoms with Gasteiger partial charge in [-0.25, -0.2) is 0 Å². The van der Waals surface area contributed by atoms with Crippen molar-refractivity contribution >= 4 is 17.3 Å². The summed E-state index contributed by atoms with van der Waals surface area (Å²) in [6.45, 7) is 0. The zero-order chi connectivity index (χ0) is 13.9. The highest BCUT2D eigenvalue weighted by molar-refractivity contribution is 6.33. The van der Waals surface area contributed by atoms with E-state index in [1.54, 1.807) is 19.5 Å². The highest BCUT2D eigenvalue weighted by atomic mass is 35.5. The van der Waals surface area contributed by atoms with Crippen molar-refractivity contribution in [3.63, 3.8) is 0 Å². The predicted octanol–water partition coefficient (Wildman–Crippen LogP) is 4.31. The molecule has 1 heterocycles. The summed E-state index contributed by atoms with van der Waals surface area (Å²) in [5, 5.41) is 4.24. The minimum absolute atomic E-state index is 0.280. The molecule has 1 aromatic heterocycles. The average Bonchev–Trinajstić information content (AvgIpc) is 3.31. The van der Waals surface area contributed by atoms with Crippen LogP contribution in [0.25, 0.3) is 0 Å². The summed E-state index contributed by atoms with van der Waals surface area (Å²) in [5.41, 5.74) is 2.15. The van der Waals surface area contributed by atoms with Gasteiger partial charge >= 0.3 is 0 Å². The van der Waals surface area contributed by atoms with Gasteiger partial charge < -0.3 is 10.1 Å². The molecule has 1 aliphatic carbocycles. The lowest BCUT2D eigenvalue weighted by molar-refractivity contribution is 0.414. The van der Waals surface area contributed by atoms with Crippen LogP contribution in [-0.4, -0.2) is 12.1 Å². The molecule has 1 atom stereocenters. The lowest BCUT2D eigenvalue weighted by atomic mass is 10.0. The number of halogens is 1. The molecule has 0 amide bonds. The Labute approximate surface area is 123 Å². The van der Waals surface area contributed by atoms with Crippen LogP contribution in [0.4, 0.5) is 5.69 Å². The minimum atomic E-state index is 0.280. The SMILES string of the molecule is COc1ccc(C(Nc2cnccc2Cl)C2CC2)cc1. The van der Waals surface area contributed by atoms with Crippen LogP contribution in [0.2, 0.25) is 5.02 Å². The molecule has 20 heavy (non-hydrogen) atoms. The Morgan fingerprint density at radius 3 is 2.60 bits per heavy atom. The number of nitrogens with zero attached hydrogens (tertiary/aromatic N) is 1. The number of hydrogen-bond acceptors (Lipinski definition) is 3. The number of ether oxygens (including phenoxy) is 1. The van der Waals surface area contributed by atoms with Crippen molar-refractivity contribution < 1.29 is 4.74 Å². The summed E-state index contributed by atoms with van der Waals surface area (Å²) >= 11 is 6.21. The number of benzene rings is 1. The second-order valence-electron chi connectivity index (χ2n) is 5.09. The Hall–Kier alpha value is -1.74. The maximum atomic E-state index is 6.21. The zero-order valence-corrected chi connectivity index (χ0v) is 12.1. The van der Waals surface area contributed by atoms with Crippen molar-refractivity contribution in [1.82, 2.24) is 4.98 Å². The monoisotopic (exact) mass is 288 g/mol. The number of nitrogens with one attached hydrogen (secondary N) is 1. The van der Waals surface area contributed by atoms with Gasteiger partial charge in [0.15, 0.2) is 0 Å². The molecule has 0 spiro atoms. The second-order valence-corrected chi connectivity index (χ2v) is 5.50. The quantitative estimate of drug-likeness (QED) is 0.890. The van der Waals surface area contributed by atoms with Crippen LogP contribution in [0, 0.1) is 5.92 Å². The number of anilines is 1. The third kappa shape index (κ3) is 2.88. The van der Waals surface area contributed by atoms with E-state index in [0.717, 1.165) is 11.4 Å². The van der Waals surface area contributed by atoms with E-state index < -0.39 is 0 Å². The number of aromatic nitrogens is 1. The summed E-state index contributed by atoms with van der Waals surface area (Å²) in [6, 6.07) is 10.3. The molecule has 0 radical (unpaired) electrons. The molecule has 3 nitrogen and oxygen atoms in total. The van der Waals surface area contributed by atoms with Crippen LogP contribution in [0.15, 0.2) is 42.7 Å². The Kier molecular flexibility index (Phi) is 3.79. The fourth-order valence-corrected chi connectivity index (χ4v) is 2.53. The van der Waals surface area contributed by atoms with Crippen molar-refractivity contribution in [1.29, 1.82) is 0 Å². The van der Waals surface area contributed by atoms with Gasteiger partial charge in [0.1, 0.15) is 5.75 Å². The molecule has 4 heteroatoms. The average molecular weight is 289 g/mol. The highest BCUT2D eigenvalue weighted by Crippen LogP contribution is 2.43. The van der Waals surface area contributed by atoms with E-state index in [2.05, 4.69) is 22.4 Å². The molecular weight excluding hydrogens is 272 g/mol. The van der Waals surface area contributed by atoms with Crippen molar-refractivity contribution in [2.45, 2.75) is 18.9 Å². The number of rotatable bonds is 5. The van der Waals surface area contributed by atoms with Gasteiger partial charge in [0.2, 0.25) is 0 Å². The van der Waals surface area contributed by atoms with Gasteiger partial charge in [0.05, 0.1) is 30.1 Å². The molecule has 0 saturated heterocycles. The first kappa shape index (κ1) is 13.3. The fraction of sp³-hybridized carbons (Fsp3) is 0.312. The van der Waals surface area contributed by atoms with E-state index in [1.165, 1.54) is 18.4 Å². The largest absolute Gasteiger partial charge is 0.497 e. The van der Waals surface area contributed by atoms with Gasteiger partial charge in [-0.05, 0) is 42.5 Å². The molecule has 1 saturated carbocycles. The molecule has 2 aromatic rings. The molecule has 1 fully saturated rings. The van der Waals surface area contributed by atoms with E-state index in [0.29, 0.717) is 10.9 Å². The molecule has 0 aliphatic heterocycles. The Morgan fingerprint density at radius 2 is 2.00 bits per heavy atom. The van der Waals surface area contributed by atoms with E-state index >= 15 is 0 Å². The van der Waals surface area contributed by atoms with Gasteiger partial charge in [-0.2, -0.15) is 0 Å². The Morgan fingerprint density at radius 1 is 1.25 bits per heavy atom. The van der Waals surface area contributed by atoms with Gasteiger partial charge in [-0.15, -0.1) is 0 Å². The van der Waals surface area contributed by atoms with Crippen LogP contribution in [0.5, 0.6) is 5.75 Å². The molecule has 0 bridgehead atoms. The fourth-order valence-electron chi connectivity index (χ4n) is 2.37. The predicted molar refractivity (Wildman–Crippen MR) is 81.3 cm³/mol.